The zero-order chi connectivity index (χ0) is 15.6. The lowest BCUT2D eigenvalue weighted by Gasteiger charge is -2.29. The van der Waals surface area contributed by atoms with Crippen LogP contribution in [-0.4, -0.2) is 17.0 Å². The quantitative estimate of drug-likeness (QED) is 0.732. The molecule has 0 aliphatic carbocycles. The normalized spacial score (nSPS) is 12.5. The van der Waals surface area contributed by atoms with Gasteiger partial charge in [0.2, 0.25) is 0 Å². The molecule has 1 atom stereocenters. The topological polar surface area (TPSA) is 29.0 Å². The summed E-state index contributed by atoms with van der Waals surface area (Å²) in [6, 6.07) is 8.02. The largest absolute Gasteiger partial charge is 0.353 e. The summed E-state index contributed by atoms with van der Waals surface area (Å²) in [4.78, 5) is 10.6. The van der Waals surface area contributed by atoms with Gasteiger partial charge in [-0.1, -0.05) is 49.2 Å². The van der Waals surface area contributed by atoms with Gasteiger partial charge in [0.25, 0.3) is 0 Å². The molecule has 1 unspecified atom stereocenters. The van der Waals surface area contributed by atoms with Crippen molar-refractivity contribution in [2.24, 2.45) is 0 Å². The van der Waals surface area contributed by atoms with Crippen LogP contribution in [-0.2, 0) is 0 Å². The Kier molecular flexibility index (Phi) is 5.07. The van der Waals surface area contributed by atoms with Gasteiger partial charge in [-0.3, -0.25) is 0 Å². The predicted molar refractivity (Wildman–Crippen MR) is 89.4 cm³/mol. The monoisotopic (exact) mass is 323 g/mol. The Bertz CT molecular complexity index is 611. The molecule has 1 aromatic carbocycles. The highest BCUT2D eigenvalue weighted by molar-refractivity contribution is 6.30. The van der Waals surface area contributed by atoms with Crippen LogP contribution >= 0.6 is 23.2 Å². The molecule has 0 bridgehead atoms. The van der Waals surface area contributed by atoms with Gasteiger partial charge in [-0.15, -0.1) is 0 Å². The second-order valence-corrected chi connectivity index (χ2v) is 6.19. The van der Waals surface area contributed by atoms with Gasteiger partial charge in [-0.2, -0.15) is 0 Å². The summed E-state index contributed by atoms with van der Waals surface area (Å²) in [5.41, 5.74) is 2.15. The molecule has 0 N–H and O–H groups in total. The third kappa shape index (κ3) is 3.47. The molecule has 5 heteroatoms. The maximum atomic E-state index is 6.24. The molecule has 2 aromatic rings. The van der Waals surface area contributed by atoms with Crippen molar-refractivity contribution in [1.29, 1.82) is 0 Å². The van der Waals surface area contributed by atoms with Gasteiger partial charge >= 0.3 is 0 Å². The van der Waals surface area contributed by atoms with Crippen molar-refractivity contribution < 1.29 is 0 Å². The zero-order valence-corrected chi connectivity index (χ0v) is 14.2. The first kappa shape index (κ1) is 16.1. The third-order valence-corrected chi connectivity index (χ3v) is 4.21. The Hall–Kier alpha value is -1.32. The van der Waals surface area contributed by atoms with E-state index in [4.69, 9.17) is 23.2 Å². The Labute approximate surface area is 135 Å². The first-order chi connectivity index (χ1) is 9.91. The van der Waals surface area contributed by atoms with Crippen LogP contribution in [0.1, 0.15) is 43.9 Å². The lowest BCUT2D eigenvalue weighted by Crippen LogP contribution is -2.24. The van der Waals surface area contributed by atoms with E-state index in [0.29, 0.717) is 5.15 Å². The van der Waals surface area contributed by atoms with Crippen molar-refractivity contribution in [3.05, 3.63) is 51.9 Å². The highest BCUT2D eigenvalue weighted by Crippen LogP contribution is 2.33. The van der Waals surface area contributed by atoms with Crippen LogP contribution in [0.2, 0.25) is 10.2 Å². The van der Waals surface area contributed by atoms with Crippen LogP contribution in [0, 0.1) is 0 Å². The Morgan fingerprint density at radius 3 is 2.19 bits per heavy atom. The number of hydrogen-bond acceptors (Lipinski definition) is 3. The number of benzene rings is 1. The molecule has 0 saturated heterocycles. The molecule has 112 valence electrons. The molecule has 0 aliphatic rings. The number of aromatic nitrogens is 2. The smallest absolute Gasteiger partial charge is 0.138 e. The maximum absolute atomic E-state index is 6.24. The standard InChI is InChI=1S/C16H19Cl2N3/c1-10(2)14-15(18)19-9-20-16(14)21(4)11(3)12-5-7-13(17)8-6-12/h5-11H,1-4H3. The summed E-state index contributed by atoms with van der Waals surface area (Å²) < 4.78 is 0. The third-order valence-electron chi connectivity index (χ3n) is 3.66. The van der Waals surface area contributed by atoms with E-state index in [-0.39, 0.29) is 12.0 Å². The lowest BCUT2D eigenvalue weighted by molar-refractivity contribution is 0.711. The van der Waals surface area contributed by atoms with Gasteiger partial charge in [0.1, 0.15) is 17.3 Å². The maximum Gasteiger partial charge on any atom is 0.138 e. The Morgan fingerprint density at radius 2 is 1.62 bits per heavy atom. The molecule has 0 fully saturated rings. The Morgan fingerprint density at radius 1 is 1.00 bits per heavy atom. The Balaban J connectivity index is 2.37. The van der Waals surface area contributed by atoms with E-state index in [9.17, 15) is 0 Å². The molecule has 3 nitrogen and oxygen atoms in total. The van der Waals surface area contributed by atoms with Gasteiger partial charge in [-0.25, -0.2) is 9.97 Å². The van der Waals surface area contributed by atoms with Crippen LogP contribution in [0.25, 0.3) is 0 Å². The van der Waals surface area contributed by atoms with Crippen molar-refractivity contribution in [3.8, 4) is 0 Å². The van der Waals surface area contributed by atoms with E-state index < -0.39 is 0 Å². The van der Waals surface area contributed by atoms with Gasteiger partial charge in [-0.05, 0) is 30.5 Å². The molecule has 2 rings (SSSR count). The fourth-order valence-corrected chi connectivity index (χ4v) is 2.76. The van der Waals surface area contributed by atoms with Crippen LogP contribution in [0.3, 0.4) is 0 Å². The van der Waals surface area contributed by atoms with E-state index in [1.807, 2.05) is 31.3 Å². The van der Waals surface area contributed by atoms with Crippen LogP contribution in [0.5, 0.6) is 0 Å². The zero-order valence-electron chi connectivity index (χ0n) is 12.6. The van der Waals surface area contributed by atoms with Gasteiger partial charge in [0, 0.05) is 17.6 Å². The molecule has 1 heterocycles. The average Bonchev–Trinajstić information content (AvgIpc) is 2.46. The minimum Gasteiger partial charge on any atom is -0.353 e. The fourth-order valence-electron chi connectivity index (χ4n) is 2.29. The second kappa shape index (κ2) is 6.63. The van der Waals surface area contributed by atoms with E-state index >= 15 is 0 Å². The summed E-state index contributed by atoms with van der Waals surface area (Å²) >= 11 is 12.2. The summed E-state index contributed by atoms with van der Waals surface area (Å²) in [6.07, 6.45) is 1.51. The summed E-state index contributed by atoms with van der Waals surface area (Å²) in [6.45, 7) is 6.31. The minimum absolute atomic E-state index is 0.158. The van der Waals surface area contributed by atoms with Gasteiger partial charge < -0.3 is 4.90 Å². The van der Waals surface area contributed by atoms with Crippen LogP contribution < -0.4 is 4.90 Å². The van der Waals surface area contributed by atoms with E-state index in [1.54, 1.807) is 0 Å². The first-order valence-electron chi connectivity index (χ1n) is 6.90. The molecule has 1 aromatic heterocycles. The van der Waals surface area contributed by atoms with Crippen molar-refractivity contribution in [2.45, 2.75) is 32.7 Å². The molecular formula is C16H19Cl2N3. The highest BCUT2D eigenvalue weighted by Gasteiger charge is 2.20. The molecule has 0 spiro atoms. The number of rotatable bonds is 4. The van der Waals surface area contributed by atoms with E-state index in [0.717, 1.165) is 16.4 Å². The molecule has 21 heavy (non-hydrogen) atoms. The molecule has 0 radical (unpaired) electrons. The molecule has 0 amide bonds. The average molecular weight is 324 g/mol. The van der Waals surface area contributed by atoms with Gasteiger partial charge in [0.15, 0.2) is 0 Å². The number of anilines is 1. The van der Waals surface area contributed by atoms with Crippen LogP contribution in [0.4, 0.5) is 5.82 Å². The van der Waals surface area contributed by atoms with Gasteiger partial charge in [0.05, 0.1) is 6.04 Å². The minimum atomic E-state index is 0.158. The first-order valence-corrected chi connectivity index (χ1v) is 7.66. The fraction of sp³-hybridized carbons (Fsp3) is 0.375. The number of hydrogen-bond donors (Lipinski definition) is 0. The van der Waals surface area contributed by atoms with Crippen molar-refractivity contribution in [1.82, 2.24) is 9.97 Å². The number of halogens is 2. The summed E-state index contributed by atoms with van der Waals surface area (Å²) in [7, 11) is 2.02. The van der Waals surface area contributed by atoms with Crippen molar-refractivity contribution in [2.75, 3.05) is 11.9 Å². The molecular weight excluding hydrogens is 305 g/mol. The second-order valence-electron chi connectivity index (χ2n) is 5.39. The SMILES string of the molecule is CC(C)c1c(Cl)ncnc1N(C)C(C)c1ccc(Cl)cc1. The predicted octanol–water partition coefficient (Wildman–Crippen LogP) is 5.10. The highest BCUT2D eigenvalue weighted by atomic mass is 35.5. The molecule has 0 aliphatic heterocycles. The van der Waals surface area contributed by atoms with E-state index in [1.165, 1.54) is 11.9 Å². The van der Waals surface area contributed by atoms with Crippen LogP contribution in [0.15, 0.2) is 30.6 Å². The summed E-state index contributed by atoms with van der Waals surface area (Å²) in [5, 5.41) is 1.26. The van der Waals surface area contributed by atoms with Crippen molar-refractivity contribution >= 4 is 29.0 Å². The van der Waals surface area contributed by atoms with E-state index in [2.05, 4.69) is 35.6 Å². The number of nitrogens with zero attached hydrogens (tertiary/aromatic N) is 3. The van der Waals surface area contributed by atoms with Crippen molar-refractivity contribution in [3.63, 3.8) is 0 Å². The lowest BCUT2D eigenvalue weighted by atomic mass is 10.0. The summed E-state index contributed by atoms with van der Waals surface area (Å²) in [5.74, 6) is 1.13. The molecule has 0 saturated carbocycles.